The zero-order valence-electron chi connectivity index (χ0n) is 12.6. The van der Waals surface area contributed by atoms with Gasteiger partial charge >= 0.3 is 6.18 Å². The Bertz CT molecular complexity index is 405. The van der Waals surface area contributed by atoms with Crippen molar-refractivity contribution in [3.8, 4) is 0 Å². The minimum absolute atomic E-state index is 0.131. The van der Waals surface area contributed by atoms with E-state index in [0.717, 1.165) is 25.1 Å². The van der Waals surface area contributed by atoms with E-state index in [1.807, 2.05) is 0 Å². The second kappa shape index (κ2) is 6.61. The highest BCUT2D eigenvalue weighted by atomic mass is 19.4. The van der Waals surface area contributed by atoms with Crippen LogP contribution in [0.2, 0.25) is 0 Å². The predicted octanol–water partition coefficient (Wildman–Crippen LogP) is 4.62. The topological polar surface area (TPSA) is 12.0 Å². The Morgan fingerprint density at radius 2 is 1.50 bits per heavy atom. The Hall–Kier alpha value is -1.03. The monoisotopic (exact) mass is 287 g/mol. The number of halogens is 3. The molecule has 1 nitrogen and oxygen atoms in total. The van der Waals surface area contributed by atoms with Crippen molar-refractivity contribution in [1.29, 1.82) is 0 Å². The lowest BCUT2D eigenvalue weighted by Gasteiger charge is -2.26. The molecule has 0 aliphatic carbocycles. The zero-order chi connectivity index (χ0) is 15.4. The third-order valence-corrected chi connectivity index (χ3v) is 3.47. The number of rotatable bonds is 6. The summed E-state index contributed by atoms with van der Waals surface area (Å²) in [5, 5.41) is 3.37. The molecule has 0 amide bonds. The molecule has 0 heterocycles. The first-order valence-corrected chi connectivity index (χ1v) is 7.01. The molecule has 1 rings (SSSR count). The van der Waals surface area contributed by atoms with Gasteiger partial charge in [0.15, 0.2) is 0 Å². The highest BCUT2D eigenvalue weighted by Crippen LogP contribution is 2.32. The molecule has 114 valence electrons. The van der Waals surface area contributed by atoms with E-state index in [0.29, 0.717) is 5.92 Å². The number of hydrogen-bond donors (Lipinski definition) is 1. The first-order valence-electron chi connectivity index (χ1n) is 7.01. The van der Waals surface area contributed by atoms with Gasteiger partial charge in [-0.25, -0.2) is 0 Å². The van der Waals surface area contributed by atoms with Gasteiger partial charge in [0, 0.05) is 0 Å². The molecule has 0 saturated carbocycles. The summed E-state index contributed by atoms with van der Waals surface area (Å²) in [6.07, 6.45) is -3.37. The highest BCUT2D eigenvalue weighted by molar-refractivity contribution is 5.29. The van der Waals surface area contributed by atoms with Gasteiger partial charge in [0.1, 0.15) is 0 Å². The van der Waals surface area contributed by atoms with E-state index in [4.69, 9.17) is 0 Å². The van der Waals surface area contributed by atoms with Crippen LogP contribution in [0.1, 0.15) is 45.2 Å². The quantitative estimate of drug-likeness (QED) is 0.753. The molecule has 4 heteroatoms. The Labute approximate surface area is 119 Å². The van der Waals surface area contributed by atoms with Crippen LogP contribution in [0.25, 0.3) is 0 Å². The van der Waals surface area contributed by atoms with Crippen molar-refractivity contribution in [1.82, 2.24) is 5.32 Å². The predicted molar refractivity (Wildman–Crippen MR) is 76.8 cm³/mol. The van der Waals surface area contributed by atoms with Crippen molar-refractivity contribution in [2.24, 2.45) is 5.92 Å². The van der Waals surface area contributed by atoms with Crippen LogP contribution in [0.3, 0.4) is 0 Å². The second-order valence-electron chi connectivity index (χ2n) is 6.31. The van der Waals surface area contributed by atoms with Crippen LogP contribution in [0.4, 0.5) is 13.2 Å². The summed E-state index contributed by atoms with van der Waals surface area (Å²) in [6, 6.07) is 5.51. The number of benzene rings is 1. The minimum Gasteiger partial charge on any atom is -0.316 e. The average Bonchev–Trinajstić information content (AvgIpc) is 2.34. The molecule has 0 spiro atoms. The van der Waals surface area contributed by atoms with Crippen LogP contribution >= 0.6 is 0 Å². The molecule has 0 saturated heterocycles. The molecule has 0 bridgehead atoms. The molecule has 0 unspecified atom stereocenters. The lowest BCUT2D eigenvalue weighted by Crippen LogP contribution is -2.27. The van der Waals surface area contributed by atoms with Gasteiger partial charge in [0.05, 0.1) is 5.56 Å². The molecule has 0 aliphatic heterocycles. The maximum absolute atomic E-state index is 12.5. The van der Waals surface area contributed by atoms with Crippen LogP contribution < -0.4 is 5.32 Å². The molecular formula is C16H24F3N. The Balaban J connectivity index is 2.63. The molecule has 0 aliphatic rings. The van der Waals surface area contributed by atoms with E-state index < -0.39 is 11.7 Å². The van der Waals surface area contributed by atoms with Gasteiger partial charge in [-0.15, -0.1) is 0 Å². The Kier molecular flexibility index (Phi) is 5.63. The van der Waals surface area contributed by atoms with Gasteiger partial charge in [0.25, 0.3) is 0 Å². The fraction of sp³-hybridized carbons (Fsp3) is 0.625. The van der Waals surface area contributed by atoms with E-state index in [1.54, 1.807) is 12.1 Å². The Morgan fingerprint density at radius 3 is 1.95 bits per heavy atom. The summed E-state index contributed by atoms with van der Waals surface area (Å²) in [5.74, 6) is 0.601. The molecular weight excluding hydrogens is 263 g/mol. The van der Waals surface area contributed by atoms with Gasteiger partial charge in [-0.3, -0.25) is 0 Å². The summed E-state index contributed by atoms with van der Waals surface area (Å²) in [7, 11) is 0. The molecule has 0 fully saturated rings. The maximum Gasteiger partial charge on any atom is 0.416 e. The van der Waals surface area contributed by atoms with E-state index in [9.17, 15) is 13.2 Å². The molecule has 1 aromatic carbocycles. The van der Waals surface area contributed by atoms with Crippen LogP contribution in [-0.4, -0.2) is 13.1 Å². The summed E-state index contributed by atoms with van der Waals surface area (Å²) in [4.78, 5) is 0. The van der Waals surface area contributed by atoms with Gasteiger partial charge in [-0.1, -0.05) is 39.8 Å². The maximum atomic E-state index is 12.5. The zero-order valence-corrected chi connectivity index (χ0v) is 12.6. The Morgan fingerprint density at radius 1 is 1.00 bits per heavy atom. The van der Waals surface area contributed by atoms with Crippen molar-refractivity contribution < 1.29 is 13.2 Å². The molecule has 1 N–H and O–H groups in total. The van der Waals surface area contributed by atoms with Gasteiger partial charge < -0.3 is 5.32 Å². The third-order valence-electron chi connectivity index (χ3n) is 3.47. The molecule has 0 aromatic heterocycles. The molecule has 20 heavy (non-hydrogen) atoms. The fourth-order valence-electron chi connectivity index (χ4n) is 2.05. The fourth-order valence-corrected chi connectivity index (χ4v) is 2.05. The van der Waals surface area contributed by atoms with Gasteiger partial charge in [0.2, 0.25) is 0 Å². The average molecular weight is 287 g/mol. The lowest BCUT2D eigenvalue weighted by molar-refractivity contribution is -0.137. The first kappa shape index (κ1) is 17.0. The smallest absolute Gasteiger partial charge is 0.316 e. The molecule has 0 radical (unpaired) electrons. The summed E-state index contributed by atoms with van der Waals surface area (Å²) >= 11 is 0. The van der Waals surface area contributed by atoms with Crippen molar-refractivity contribution in [2.45, 2.75) is 45.7 Å². The third kappa shape index (κ3) is 5.16. The first-order chi connectivity index (χ1) is 9.13. The van der Waals surface area contributed by atoms with Crippen LogP contribution in [0.15, 0.2) is 24.3 Å². The van der Waals surface area contributed by atoms with Crippen molar-refractivity contribution in [3.63, 3.8) is 0 Å². The second-order valence-corrected chi connectivity index (χ2v) is 6.31. The van der Waals surface area contributed by atoms with Crippen LogP contribution in [-0.2, 0) is 11.6 Å². The molecule has 1 aromatic rings. The molecule has 0 atom stereocenters. The highest BCUT2D eigenvalue weighted by Gasteiger charge is 2.30. The summed E-state index contributed by atoms with van der Waals surface area (Å²) in [6.45, 7) is 10.2. The minimum atomic E-state index is -4.26. The normalized spacial score (nSPS) is 13.0. The van der Waals surface area contributed by atoms with Crippen molar-refractivity contribution in [3.05, 3.63) is 35.4 Å². The van der Waals surface area contributed by atoms with Crippen molar-refractivity contribution >= 4 is 0 Å². The summed E-state index contributed by atoms with van der Waals surface area (Å²) < 4.78 is 37.6. The van der Waals surface area contributed by atoms with Crippen LogP contribution in [0, 0.1) is 5.92 Å². The van der Waals surface area contributed by atoms with E-state index >= 15 is 0 Å². The number of alkyl halides is 3. The van der Waals surface area contributed by atoms with E-state index in [2.05, 4.69) is 33.0 Å². The number of hydrogen-bond acceptors (Lipinski definition) is 1. The standard InChI is InChI=1S/C16H24F3N/c1-12(2)11-20-10-9-15(3,4)13-5-7-14(8-6-13)16(17,18)19/h5-8,12,20H,9-11H2,1-4H3. The van der Waals surface area contributed by atoms with Crippen molar-refractivity contribution in [2.75, 3.05) is 13.1 Å². The van der Waals surface area contributed by atoms with Crippen LogP contribution in [0.5, 0.6) is 0 Å². The van der Waals surface area contributed by atoms with E-state index in [1.165, 1.54) is 12.1 Å². The largest absolute Gasteiger partial charge is 0.416 e. The van der Waals surface area contributed by atoms with E-state index in [-0.39, 0.29) is 5.41 Å². The summed E-state index contributed by atoms with van der Waals surface area (Å²) in [5.41, 5.74) is 0.223. The van der Waals surface area contributed by atoms with Gasteiger partial charge in [-0.05, 0) is 48.5 Å². The lowest BCUT2D eigenvalue weighted by atomic mass is 9.81. The SMILES string of the molecule is CC(C)CNCCC(C)(C)c1ccc(C(F)(F)F)cc1. The number of nitrogens with one attached hydrogen (secondary N) is 1. The van der Waals surface area contributed by atoms with Gasteiger partial charge in [-0.2, -0.15) is 13.2 Å².